The predicted molar refractivity (Wildman–Crippen MR) is 99.9 cm³/mol. The number of piperidine rings is 1. The van der Waals surface area contributed by atoms with Crippen LogP contribution < -0.4 is 5.32 Å². The molecular formula is C20H26F2N4O2. The molecule has 1 N–H and O–H groups in total. The molecule has 1 fully saturated rings. The molecule has 6 nitrogen and oxygen atoms in total. The van der Waals surface area contributed by atoms with Crippen LogP contribution in [0.3, 0.4) is 0 Å². The molecule has 152 valence electrons. The van der Waals surface area contributed by atoms with Crippen LogP contribution in [0.4, 0.5) is 13.6 Å². The minimum atomic E-state index is -0.864. The van der Waals surface area contributed by atoms with E-state index in [0.717, 1.165) is 18.9 Å². The van der Waals surface area contributed by atoms with E-state index in [0.29, 0.717) is 30.4 Å². The molecule has 2 unspecified atom stereocenters. The lowest BCUT2D eigenvalue weighted by Crippen LogP contribution is -2.45. The summed E-state index contributed by atoms with van der Waals surface area (Å²) in [6.07, 6.45) is 1.61. The highest BCUT2D eigenvalue weighted by molar-refractivity contribution is 5.74. The van der Waals surface area contributed by atoms with E-state index in [1.807, 2.05) is 20.8 Å². The molecular weight excluding hydrogens is 366 g/mol. The Bertz CT molecular complexity index is 847. The number of carbonyl (C=O) groups excluding carboxylic acids is 1. The van der Waals surface area contributed by atoms with E-state index in [1.54, 1.807) is 17.9 Å². The van der Waals surface area contributed by atoms with Crippen LogP contribution in [0.25, 0.3) is 0 Å². The Morgan fingerprint density at radius 2 is 2.07 bits per heavy atom. The highest BCUT2D eigenvalue weighted by Gasteiger charge is 2.28. The van der Waals surface area contributed by atoms with Gasteiger partial charge in [-0.3, -0.25) is 0 Å². The zero-order valence-electron chi connectivity index (χ0n) is 16.6. The lowest BCUT2D eigenvalue weighted by atomic mass is 9.90. The fourth-order valence-corrected chi connectivity index (χ4v) is 3.25. The molecule has 2 heterocycles. The van der Waals surface area contributed by atoms with E-state index < -0.39 is 17.7 Å². The molecule has 2 aromatic rings. The van der Waals surface area contributed by atoms with Gasteiger partial charge >= 0.3 is 6.03 Å². The van der Waals surface area contributed by atoms with Crippen LogP contribution in [-0.4, -0.2) is 34.2 Å². The number of urea groups is 1. The van der Waals surface area contributed by atoms with Gasteiger partial charge in [-0.15, -0.1) is 0 Å². The highest BCUT2D eigenvalue weighted by Crippen LogP contribution is 2.28. The van der Waals surface area contributed by atoms with Crippen LogP contribution in [0.15, 0.2) is 22.7 Å². The summed E-state index contributed by atoms with van der Waals surface area (Å²) >= 11 is 0. The van der Waals surface area contributed by atoms with Gasteiger partial charge in [0.05, 0.1) is 0 Å². The number of likely N-dealkylation sites (tertiary alicyclic amines) is 1. The normalized spacial score (nSPS) is 18.8. The average Bonchev–Trinajstić information content (AvgIpc) is 3.15. The molecule has 2 amide bonds. The van der Waals surface area contributed by atoms with Crippen molar-refractivity contribution in [3.8, 4) is 0 Å². The Morgan fingerprint density at radius 3 is 2.71 bits per heavy atom. The first kappa shape index (κ1) is 20.2. The van der Waals surface area contributed by atoms with Gasteiger partial charge in [0.15, 0.2) is 17.5 Å². The third kappa shape index (κ3) is 4.48. The van der Waals surface area contributed by atoms with Crippen LogP contribution in [-0.2, 0) is 5.41 Å². The Morgan fingerprint density at radius 1 is 1.32 bits per heavy atom. The number of rotatable bonds is 3. The maximum absolute atomic E-state index is 13.5. The van der Waals surface area contributed by atoms with Crippen molar-refractivity contribution >= 4 is 6.03 Å². The highest BCUT2D eigenvalue weighted by atomic mass is 19.2. The summed E-state index contributed by atoms with van der Waals surface area (Å²) in [6.45, 7) is 8.79. The van der Waals surface area contributed by atoms with Gasteiger partial charge in [0, 0.05) is 24.4 Å². The molecule has 1 saturated heterocycles. The molecule has 8 heteroatoms. The van der Waals surface area contributed by atoms with Gasteiger partial charge in [0.25, 0.3) is 0 Å². The van der Waals surface area contributed by atoms with Crippen molar-refractivity contribution in [3.05, 3.63) is 47.1 Å². The van der Waals surface area contributed by atoms with Gasteiger partial charge < -0.3 is 14.7 Å². The summed E-state index contributed by atoms with van der Waals surface area (Å²) in [6, 6.07) is 3.26. The van der Waals surface area contributed by atoms with Crippen LogP contribution in [0, 0.1) is 11.6 Å². The van der Waals surface area contributed by atoms with Crippen LogP contribution in [0.5, 0.6) is 0 Å². The zero-order chi connectivity index (χ0) is 20.5. The third-order valence-electron chi connectivity index (χ3n) is 4.95. The monoisotopic (exact) mass is 392 g/mol. The maximum atomic E-state index is 13.5. The van der Waals surface area contributed by atoms with Gasteiger partial charge in [-0.2, -0.15) is 4.98 Å². The summed E-state index contributed by atoms with van der Waals surface area (Å²) < 4.78 is 32.0. The number of nitrogens with zero attached hydrogens (tertiary/aromatic N) is 3. The molecule has 3 rings (SSSR count). The Kier molecular flexibility index (Phi) is 5.67. The summed E-state index contributed by atoms with van der Waals surface area (Å²) in [5.74, 6) is -0.816. The van der Waals surface area contributed by atoms with Gasteiger partial charge in [-0.1, -0.05) is 32.0 Å². The van der Waals surface area contributed by atoms with E-state index >= 15 is 0 Å². The van der Waals surface area contributed by atoms with E-state index in [2.05, 4.69) is 15.5 Å². The van der Waals surface area contributed by atoms with Crippen molar-refractivity contribution in [2.75, 3.05) is 13.1 Å². The number of hydrogen-bond donors (Lipinski definition) is 1. The van der Waals surface area contributed by atoms with E-state index in [1.165, 1.54) is 6.07 Å². The van der Waals surface area contributed by atoms with Gasteiger partial charge in [-0.25, -0.2) is 13.6 Å². The van der Waals surface area contributed by atoms with Crippen molar-refractivity contribution in [2.45, 2.75) is 57.9 Å². The summed E-state index contributed by atoms with van der Waals surface area (Å²) in [5, 5.41) is 6.86. The topological polar surface area (TPSA) is 71.3 Å². The van der Waals surface area contributed by atoms with Crippen molar-refractivity contribution in [1.29, 1.82) is 0 Å². The van der Waals surface area contributed by atoms with Crippen molar-refractivity contribution in [1.82, 2.24) is 20.4 Å². The molecule has 2 atom stereocenters. The number of hydrogen-bond acceptors (Lipinski definition) is 4. The van der Waals surface area contributed by atoms with Crippen LogP contribution in [0.1, 0.15) is 69.8 Å². The summed E-state index contributed by atoms with van der Waals surface area (Å²) in [7, 11) is 0. The lowest BCUT2D eigenvalue weighted by molar-refractivity contribution is 0.174. The molecule has 1 aliphatic rings. The van der Waals surface area contributed by atoms with E-state index in [4.69, 9.17) is 4.52 Å². The number of aromatic nitrogens is 2. The van der Waals surface area contributed by atoms with Gasteiger partial charge in [0.1, 0.15) is 6.04 Å². The quantitative estimate of drug-likeness (QED) is 0.846. The fraction of sp³-hybridized carbons (Fsp3) is 0.550. The molecule has 0 aliphatic carbocycles. The maximum Gasteiger partial charge on any atom is 0.318 e. The minimum Gasteiger partial charge on any atom is -0.337 e. The Balaban J connectivity index is 1.63. The summed E-state index contributed by atoms with van der Waals surface area (Å²) in [5.41, 5.74) is 0.465. The standard InChI is InChI=1S/C20H26F2N4O2/c1-12(17-24-18(25-28-17)20(2,3)4)23-19(27)26-9-5-6-14(11-26)13-7-8-15(21)16(22)10-13/h7-8,10,12,14H,5-6,9,11H2,1-4H3,(H,23,27). The van der Waals surface area contributed by atoms with Crippen molar-refractivity contribution < 1.29 is 18.1 Å². The lowest BCUT2D eigenvalue weighted by Gasteiger charge is -2.33. The number of carbonyl (C=O) groups is 1. The molecule has 28 heavy (non-hydrogen) atoms. The number of benzene rings is 1. The van der Waals surface area contributed by atoms with Crippen LogP contribution >= 0.6 is 0 Å². The number of halogens is 2. The Hall–Kier alpha value is -2.51. The molecule has 0 saturated carbocycles. The molecule has 1 aliphatic heterocycles. The van der Waals surface area contributed by atoms with Crippen molar-refractivity contribution in [3.63, 3.8) is 0 Å². The summed E-state index contributed by atoms with van der Waals surface area (Å²) in [4.78, 5) is 18.7. The molecule has 0 radical (unpaired) electrons. The number of nitrogens with one attached hydrogen (secondary N) is 1. The largest absolute Gasteiger partial charge is 0.337 e. The van der Waals surface area contributed by atoms with Crippen molar-refractivity contribution in [2.24, 2.45) is 0 Å². The SMILES string of the molecule is CC(NC(=O)N1CCCC(c2ccc(F)c(F)c2)C1)c1nc(C(C)(C)C)no1. The molecule has 1 aromatic heterocycles. The van der Waals surface area contributed by atoms with Gasteiger partial charge in [-0.05, 0) is 37.5 Å². The minimum absolute atomic E-state index is 0.0270. The molecule has 0 bridgehead atoms. The van der Waals surface area contributed by atoms with Crippen LogP contribution in [0.2, 0.25) is 0 Å². The van der Waals surface area contributed by atoms with E-state index in [9.17, 15) is 13.6 Å². The zero-order valence-corrected chi connectivity index (χ0v) is 16.6. The van der Waals surface area contributed by atoms with E-state index in [-0.39, 0.29) is 17.4 Å². The first-order chi connectivity index (χ1) is 13.1. The third-order valence-corrected chi connectivity index (χ3v) is 4.95. The Labute approximate surface area is 163 Å². The second-order valence-corrected chi connectivity index (χ2v) is 8.34. The number of amides is 2. The smallest absolute Gasteiger partial charge is 0.318 e. The second-order valence-electron chi connectivity index (χ2n) is 8.34. The average molecular weight is 392 g/mol. The van der Waals surface area contributed by atoms with Gasteiger partial charge in [0.2, 0.25) is 5.89 Å². The fourth-order valence-electron chi connectivity index (χ4n) is 3.25. The first-order valence-corrected chi connectivity index (χ1v) is 9.49. The molecule has 0 spiro atoms. The first-order valence-electron chi connectivity index (χ1n) is 9.49. The predicted octanol–water partition coefficient (Wildman–Crippen LogP) is 4.30. The molecule has 1 aromatic carbocycles. The second kappa shape index (κ2) is 7.85.